The van der Waals surface area contributed by atoms with Crippen molar-refractivity contribution in [1.29, 1.82) is 0 Å². The summed E-state index contributed by atoms with van der Waals surface area (Å²) in [7, 11) is 0. The fraction of sp³-hybridized carbons (Fsp3) is 0.348. The van der Waals surface area contributed by atoms with Crippen LogP contribution in [-0.4, -0.2) is 42.4 Å². The summed E-state index contributed by atoms with van der Waals surface area (Å²) in [5.41, 5.74) is 3.41. The number of amides is 2. The number of hydrogen-bond acceptors (Lipinski definition) is 4. The van der Waals surface area contributed by atoms with Crippen LogP contribution in [0.4, 0.5) is 5.69 Å². The summed E-state index contributed by atoms with van der Waals surface area (Å²) in [4.78, 5) is 38.3. The van der Waals surface area contributed by atoms with E-state index in [1.54, 1.807) is 36.1 Å². The van der Waals surface area contributed by atoms with Crippen LogP contribution in [0.15, 0.2) is 48.5 Å². The van der Waals surface area contributed by atoms with E-state index in [9.17, 15) is 14.4 Å². The fourth-order valence-electron chi connectivity index (χ4n) is 3.33. The van der Waals surface area contributed by atoms with Crippen molar-refractivity contribution in [3.8, 4) is 0 Å². The number of ether oxygens (including phenoxy) is 1. The predicted molar refractivity (Wildman–Crippen MR) is 111 cm³/mol. The van der Waals surface area contributed by atoms with Crippen molar-refractivity contribution < 1.29 is 19.1 Å². The van der Waals surface area contributed by atoms with Gasteiger partial charge in [0.25, 0.3) is 0 Å². The molecular formula is C23H26N2O4. The zero-order valence-corrected chi connectivity index (χ0v) is 16.8. The largest absolute Gasteiger partial charge is 0.462 e. The smallest absolute Gasteiger partial charge is 0.338 e. The third-order valence-corrected chi connectivity index (χ3v) is 5.04. The lowest BCUT2D eigenvalue weighted by atomic mass is 10.1. The summed E-state index contributed by atoms with van der Waals surface area (Å²) in [6, 6.07) is 14.8. The maximum atomic E-state index is 12.6. The number of esters is 1. The number of benzene rings is 2. The lowest BCUT2D eigenvalue weighted by molar-refractivity contribution is -0.128. The van der Waals surface area contributed by atoms with Gasteiger partial charge in [0.2, 0.25) is 11.8 Å². The number of rotatable bonds is 7. The lowest BCUT2D eigenvalue weighted by Crippen LogP contribution is -2.30. The third kappa shape index (κ3) is 5.44. The van der Waals surface area contributed by atoms with E-state index in [2.05, 4.69) is 29.6 Å². The first-order chi connectivity index (χ1) is 14.0. The monoisotopic (exact) mass is 394 g/mol. The predicted octanol–water partition coefficient (Wildman–Crippen LogP) is 3.20. The van der Waals surface area contributed by atoms with E-state index in [1.807, 2.05) is 6.92 Å². The maximum Gasteiger partial charge on any atom is 0.338 e. The van der Waals surface area contributed by atoms with Gasteiger partial charge < -0.3 is 15.0 Å². The Bertz CT molecular complexity index is 875. The SMILES string of the molecule is CCOC(=O)c1ccc(NC(=O)C2CC(=O)N(CCc3ccc(C)cc3)C2)cc1. The van der Waals surface area contributed by atoms with E-state index >= 15 is 0 Å². The summed E-state index contributed by atoms with van der Waals surface area (Å²) in [5, 5.41) is 2.83. The van der Waals surface area contributed by atoms with Crippen LogP contribution in [0, 0.1) is 12.8 Å². The molecule has 6 nitrogen and oxygen atoms in total. The van der Waals surface area contributed by atoms with Crippen LogP contribution in [0.1, 0.15) is 34.8 Å². The van der Waals surface area contributed by atoms with Crippen LogP contribution >= 0.6 is 0 Å². The maximum absolute atomic E-state index is 12.6. The molecule has 29 heavy (non-hydrogen) atoms. The molecule has 2 amide bonds. The Balaban J connectivity index is 1.52. The molecule has 2 aromatic rings. The molecule has 6 heteroatoms. The minimum Gasteiger partial charge on any atom is -0.462 e. The normalized spacial score (nSPS) is 16.0. The van der Waals surface area contributed by atoms with E-state index in [0.717, 1.165) is 6.42 Å². The molecule has 2 aromatic carbocycles. The Morgan fingerprint density at radius 2 is 1.79 bits per heavy atom. The van der Waals surface area contributed by atoms with Crippen LogP contribution in [0.2, 0.25) is 0 Å². The van der Waals surface area contributed by atoms with Crippen LogP contribution in [0.5, 0.6) is 0 Å². The Morgan fingerprint density at radius 3 is 2.45 bits per heavy atom. The van der Waals surface area contributed by atoms with Crippen molar-refractivity contribution in [2.75, 3.05) is 25.0 Å². The van der Waals surface area contributed by atoms with Crippen LogP contribution in [-0.2, 0) is 20.7 Å². The molecule has 1 unspecified atom stereocenters. The molecule has 1 fully saturated rings. The standard InChI is InChI=1S/C23H26N2O4/c1-3-29-23(28)18-8-10-20(11-9-18)24-22(27)19-14-21(26)25(15-19)13-12-17-6-4-16(2)5-7-17/h4-11,19H,3,12-15H2,1-2H3,(H,24,27). The molecule has 1 aliphatic rings. The molecule has 0 saturated carbocycles. The molecule has 1 saturated heterocycles. The first kappa shape index (κ1) is 20.6. The highest BCUT2D eigenvalue weighted by Crippen LogP contribution is 2.21. The third-order valence-electron chi connectivity index (χ3n) is 5.04. The molecule has 1 heterocycles. The zero-order valence-electron chi connectivity index (χ0n) is 16.8. The number of hydrogen-bond donors (Lipinski definition) is 1. The minimum absolute atomic E-state index is 0.00919. The molecular weight excluding hydrogens is 368 g/mol. The highest BCUT2D eigenvalue weighted by atomic mass is 16.5. The Morgan fingerprint density at radius 1 is 1.10 bits per heavy atom. The first-order valence-corrected chi connectivity index (χ1v) is 9.87. The van der Waals surface area contributed by atoms with Crippen molar-refractivity contribution in [3.05, 3.63) is 65.2 Å². The molecule has 3 rings (SSSR count). The van der Waals surface area contributed by atoms with Crippen molar-refractivity contribution in [1.82, 2.24) is 4.90 Å². The summed E-state index contributed by atoms with van der Waals surface area (Å²) in [6.07, 6.45) is 0.996. The zero-order chi connectivity index (χ0) is 20.8. The second kappa shape index (κ2) is 9.37. The van der Waals surface area contributed by atoms with Crippen LogP contribution in [0.25, 0.3) is 0 Å². The minimum atomic E-state index is -0.393. The molecule has 0 bridgehead atoms. The second-order valence-corrected chi connectivity index (χ2v) is 7.26. The summed E-state index contributed by atoms with van der Waals surface area (Å²) in [5.74, 6) is -0.934. The molecule has 1 N–H and O–H groups in total. The average Bonchev–Trinajstić information content (AvgIpc) is 3.09. The summed E-state index contributed by atoms with van der Waals surface area (Å²) >= 11 is 0. The van der Waals surface area contributed by atoms with E-state index in [1.165, 1.54) is 11.1 Å². The number of carbonyl (C=O) groups excluding carboxylic acids is 3. The number of likely N-dealkylation sites (tertiary alicyclic amines) is 1. The van der Waals surface area contributed by atoms with Gasteiger partial charge in [-0.3, -0.25) is 9.59 Å². The highest BCUT2D eigenvalue weighted by molar-refractivity contribution is 5.97. The van der Waals surface area contributed by atoms with Crippen molar-refractivity contribution in [3.63, 3.8) is 0 Å². The lowest BCUT2D eigenvalue weighted by Gasteiger charge is -2.16. The number of nitrogens with one attached hydrogen (secondary N) is 1. The summed E-state index contributed by atoms with van der Waals surface area (Å²) in [6.45, 7) is 5.14. The van der Waals surface area contributed by atoms with Gasteiger partial charge in [-0.25, -0.2) is 4.79 Å². The van der Waals surface area contributed by atoms with Gasteiger partial charge in [0.1, 0.15) is 0 Å². The fourth-order valence-corrected chi connectivity index (χ4v) is 3.33. The Kier molecular flexibility index (Phi) is 6.65. The van der Waals surface area contributed by atoms with Gasteiger partial charge in [-0.2, -0.15) is 0 Å². The van der Waals surface area contributed by atoms with Crippen molar-refractivity contribution >= 4 is 23.5 Å². The Hall–Kier alpha value is -3.15. The number of nitrogens with zero attached hydrogens (tertiary/aromatic N) is 1. The van der Waals surface area contributed by atoms with Gasteiger partial charge in [-0.15, -0.1) is 0 Å². The van der Waals surface area contributed by atoms with Gasteiger partial charge in [-0.05, 0) is 50.1 Å². The highest BCUT2D eigenvalue weighted by Gasteiger charge is 2.34. The topological polar surface area (TPSA) is 75.7 Å². The molecule has 0 aliphatic carbocycles. The molecule has 1 atom stereocenters. The van der Waals surface area contributed by atoms with Gasteiger partial charge in [0.15, 0.2) is 0 Å². The van der Waals surface area contributed by atoms with Gasteiger partial charge in [0.05, 0.1) is 18.1 Å². The van der Waals surface area contributed by atoms with Gasteiger partial charge >= 0.3 is 5.97 Å². The van der Waals surface area contributed by atoms with Crippen LogP contribution < -0.4 is 5.32 Å². The Labute approximate surface area is 170 Å². The van der Waals surface area contributed by atoms with E-state index in [-0.39, 0.29) is 24.2 Å². The summed E-state index contributed by atoms with van der Waals surface area (Å²) < 4.78 is 4.95. The molecule has 152 valence electrons. The van der Waals surface area contributed by atoms with Crippen molar-refractivity contribution in [2.45, 2.75) is 26.7 Å². The van der Waals surface area contributed by atoms with Crippen molar-refractivity contribution in [2.24, 2.45) is 5.92 Å². The van der Waals surface area contributed by atoms with E-state index in [0.29, 0.717) is 30.9 Å². The molecule has 0 aromatic heterocycles. The second-order valence-electron chi connectivity index (χ2n) is 7.26. The molecule has 0 spiro atoms. The first-order valence-electron chi connectivity index (χ1n) is 9.87. The molecule has 0 radical (unpaired) electrons. The van der Waals surface area contributed by atoms with E-state index in [4.69, 9.17) is 4.74 Å². The van der Waals surface area contributed by atoms with E-state index < -0.39 is 5.97 Å². The number of anilines is 1. The van der Waals surface area contributed by atoms with Gasteiger partial charge in [-0.1, -0.05) is 29.8 Å². The number of carbonyl (C=O) groups is 3. The average molecular weight is 394 g/mol. The van der Waals surface area contributed by atoms with Gasteiger partial charge in [0, 0.05) is 25.2 Å². The number of aryl methyl sites for hydroxylation is 1. The molecule has 1 aliphatic heterocycles. The quantitative estimate of drug-likeness (QED) is 0.732. The van der Waals surface area contributed by atoms with Crippen LogP contribution in [0.3, 0.4) is 0 Å².